The molecule has 1 unspecified atom stereocenters. The Hall–Kier alpha value is -3.02. The van der Waals surface area contributed by atoms with E-state index in [1.165, 1.54) is 0 Å². The summed E-state index contributed by atoms with van der Waals surface area (Å²) in [5.74, 6) is 0.595. The predicted molar refractivity (Wildman–Crippen MR) is 99.6 cm³/mol. The van der Waals surface area contributed by atoms with Crippen LogP contribution in [0.5, 0.6) is 11.5 Å². The summed E-state index contributed by atoms with van der Waals surface area (Å²) in [5.41, 5.74) is 1.77. The third kappa shape index (κ3) is 5.00. The number of ether oxygens (including phenoxy) is 3. The second-order valence-corrected chi connectivity index (χ2v) is 6.47. The van der Waals surface area contributed by atoms with Gasteiger partial charge in [-0.3, -0.25) is 9.59 Å². The molecule has 2 aromatic carbocycles. The highest BCUT2D eigenvalue weighted by Gasteiger charge is 2.22. The lowest BCUT2D eigenvalue weighted by molar-refractivity contribution is -0.158. The Labute approximate surface area is 158 Å². The smallest absolute Gasteiger partial charge is 0.311 e. The summed E-state index contributed by atoms with van der Waals surface area (Å²) in [7, 11) is 1.69. The number of hydrogen-bond donors (Lipinski definition) is 0. The second-order valence-electron chi connectivity index (χ2n) is 6.47. The molecular formula is C21H23NO5. The largest absolute Gasteiger partial charge is 0.486 e. The summed E-state index contributed by atoms with van der Waals surface area (Å²) in [6, 6.07) is 15.0. The molecule has 0 aromatic heterocycles. The van der Waals surface area contributed by atoms with Crippen molar-refractivity contribution in [1.82, 2.24) is 4.90 Å². The van der Waals surface area contributed by atoms with Crippen molar-refractivity contribution in [2.75, 3.05) is 20.3 Å². The molecule has 142 valence electrons. The Morgan fingerprint density at radius 3 is 2.48 bits per heavy atom. The molecular weight excluding hydrogens is 346 g/mol. The summed E-state index contributed by atoms with van der Waals surface area (Å²) in [5, 5.41) is 0. The lowest BCUT2D eigenvalue weighted by Gasteiger charge is -2.22. The molecule has 2 aromatic rings. The van der Waals surface area contributed by atoms with Crippen molar-refractivity contribution in [2.45, 2.75) is 26.0 Å². The highest BCUT2D eigenvalue weighted by Crippen LogP contribution is 2.30. The van der Waals surface area contributed by atoms with E-state index in [0.717, 1.165) is 11.1 Å². The number of esters is 1. The molecule has 0 bridgehead atoms. The molecule has 1 atom stereocenters. The Morgan fingerprint density at radius 1 is 1.04 bits per heavy atom. The number of benzene rings is 2. The highest BCUT2D eigenvalue weighted by atomic mass is 16.6. The van der Waals surface area contributed by atoms with Crippen LogP contribution in [0, 0.1) is 0 Å². The van der Waals surface area contributed by atoms with E-state index in [-0.39, 0.29) is 12.3 Å². The topological polar surface area (TPSA) is 65.1 Å². The zero-order valence-corrected chi connectivity index (χ0v) is 15.5. The van der Waals surface area contributed by atoms with Gasteiger partial charge in [0, 0.05) is 13.6 Å². The van der Waals surface area contributed by atoms with Crippen molar-refractivity contribution in [1.29, 1.82) is 0 Å². The van der Waals surface area contributed by atoms with Crippen LogP contribution >= 0.6 is 0 Å². The van der Waals surface area contributed by atoms with E-state index >= 15 is 0 Å². The van der Waals surface area contributed by atoms with Gasteiger partial charge >= 0.3 is 5.97 Å². The first-order valence-corrected chi connectivity index (χ1v) is 8.90. The van der Waals surface area contributed by atoms with Gasteiger partial charge < -0.3 is 19.1 Å². The average molecular weight is 369 g/mol. The molecule has 0 saturated heterocycles. The van der Waals surface area contributed by atoms with Crippen molar-refractivity contribution in [3.63, 3.8) is 0 Å². The average Bonchev–Trinajstić information content (AvgIpc) is 2.67. The molecule has 3 rings (SSSR count). The Morgan fingerprint density at radius 2 is 1.74 bits per heavy atom. The number of hydrogen-bond acceptors (Lipinski definition) is 5. The van der Waals surface area contributed by atoms with E-state index in [1.54, 1.807) is 37.1 Å². The third-order valence-electron chi connectivity index (χ3n) is 4.25. The number of fused-ring (bicyclic) bond motifs is 1. The van der Waals surface area contributed by atoms with E-state index in [4.69, 9.17) is 14.2 Å². The molecule has 27 heavy (non-hydrogen) atoms. The van der Waals surface area contributed by atoms with Crippen molar-refractivity contribution < 1.29 is 23.8 Å². The van der Waals surface area contributed by atoms with E-state index in [1.807, 2.05) is 30.3 Å². The van der Waals surface area contributed by atoms with Crippen LogP contribution in [0.1, 0.15) is 18.1 Å². The van der Waals surface area contributed by atoms with Crippen LogP contribution in [0.4, 0.5) is 0 Å². The first-order valence-electron chi connectivity index (χ1n) is 8.90. The molecule has 0 radical (unpaired) electrons. The van der Waals surface area contributed by atoms with Crippen molar-refractivity contribution in [2.24, 2.45) is 0 Å². The fourth-order valence-electron chi connectivity index (χ4n) is 2.90. The summed E-state index contributed by atoms with van der Waals surface area (Å²) in [4.78, 5) is 26.2. The van der Waals surface area contributed by atoms with Crippen LogP contribution < -0.4 is 9.47 Å². The molecule has 0 fully saturated rings. The van der Waals surface area contributed by atoms with Gasteiger partial charge in [0.25, 0.3) is 5.91 Å². The summed E-state index contributed by atoms with van der Waals surface area (Å²) in [6.45, 7) is 3.06. The van der Waals surface area contributed by atoms with E-state index in [2.05, 4.69) is 0 Å². The maximum Gasteiger partial charge on any atom is 0.311 e. The zero-order valence-electron chi connectivity index (χ0n) is 15.5. The van der Waals surface area contributed by atoms with E-state index < -0.39 is 12.1 Å². The van der Waals surface area contributed by atoms with Crippen LogP contribution in [0.2, 0.25) is 0 Å². The monoisotopic (exact) mass is 369 g/mol. The highest BCUT2D eigenvalue weighted by molar-refractivity contribution is 5.83. The molecule has 0 aliphatic carbocycles. The lowest BCUT2D eigenvalue weighted by Crippen LogP contribution is -2.37. The molecule has 1 amide bonds. The summed E-state index contributed by atoms with van der Waals surface area (Å²) >= 11 is 0. The van der Waals surface area contributed by atoms with Crippen molar-refractivity contribution in [3.05, 3.63) is 59.7 Å². The van der Waals surface area contributed by atoms with Gasteiger partial charge in [-0.15, -0.1) is 0 Å². The van der Waals surface area contributed by atoms with Crippen molar-refractivity contribution >= 4 is 11.9 Å². The third-order valence-corrected chi connectivity index (χ3v) is 4.25. The van der Waals surface area contributed by atoms with Gasteiger partial charge in [0.15, 0.2) is 17.6 Å². The molecule has 1 aliphatic rings. The van der Waals surface area contributed by atoms with Gasteiger partial charge in [0.05, 0.1) is 6.42 Å². The van der Waals surface area contributed by atoms with Gasteiger partial charge in [-0.2, -0.15) is 0 Å². The van der Waals surface area contributed by atoms with Crippen molar-refractivity contribution in [3.8, 4) is 11.5 Å². The molecule has 1 heterocycles. The Balaban J connectivity index is 1.53. The number of rotatable bonds is 6. The summed E-state index contributed by atoms with van der Waals surface area (Å²) in [6.07, 6.45) is -0.778. The van der Waals surface area contributed by atoms with Gasteiger partial charge in [-0.05, 0) is 30.2 Å². The fraction of sp³-hybridized carbons (Fsp3) is 0.333. The molecule has 6 nitrogen and oxygen atoms in total. The lowest BCUT2D eigenvalue weighted by atomic mass is 10.1. The molecule has 6 heteroatoms. The number of amides is 1. The minimum atomic E-state index is -0.844. The molecule has 0 spiro atoms. The first kappa shape index (κ1) is 18.8. The Bertz CT molecular complexity index is 805. The minimum Gasteiger partial charge on any atom is -0.486 e. The first-order chi connectivity index (χ1) is 13.0. The minimum absolute atomic E-state index is 0.0661. The number of carbonyl (C=O) groups is 2. The van der Waals surface area contributed by atoms with Crippen LogP contribution in [0.25, 0.3) is 0 Å². The van der Waals surface area contributed by atoms with Crippen LogP contribution in [0.15, 0.2) is 48.5 Å². The molecule has 0 saturated carbocycles. The van der Waals surface area contributed by atoms with E-state index in [0.29, 0.717) is 31.3 Å². The molecule has 1 aliphatic heterocycles. The van der Waals surface area contributed by atoms with E-state index in [9.17, 15) is 9.59 Å². The Kier molecular flexibility index (Phi) is 5.96. The number of likely N-dealkylation sites (N-methyl/N-ethyl adjacent to an activating group) is 1. The summed E-state index contributed by atoms with van der Waals surface area (Å²) < 4.78 is 16.3. The van der Waals surface area contributed by atoms with Crippen LogP contribution in [-0.4, -0.2) is 43.1 Å². The SMILES string of the molecule is CC(OC(=O)Cc1ccc2c(c1)OCCO2)C(=O)N(C)Cc1ccccc1. The maximum absolute atomic E-state index is 12.4. The second kappa shape index (κ2) is 8.58. The normalized spacial score (nSPS) is 13.6. The van der Waals surface area contributed by atoms with Gasteiger partial charge in [-0.25, -0.2) is 0 Å². The fourth-order valence-corrected chi connectivity index (χ4v) is 2.90. The zero-order chi connectivity index (χ0) is 19.2. The van der Waals surface area contributed by atoms with Gasteiger partial charge in [-0.1, -0.05) is 36.4 Å². The van der Waals surface area contributed by atoms with Crippen LogP contribution in [0.3, 0.4) is 0 Å². The quantitative estimate of drug-likeness (QED) is 0.733. The number of nitrogens with zero attached hydrogens (tertiary/aromatic N) is 1. The maximum atomic E-state index is 12.4. The van der Waals surface area contributed by atoms with Gasteiger partial charge in [0.1, 0.15) is 13.2 Å². The predicted octanol–water partition coefficient (Wildman–Crippen LogP) is 2.59. The van der Waals surface area contributed by atoms with Crippen LogP contribution in [-0.2, 0) is 27.3 Å². The standard InChI is InChI=1S/C21H23NO5/c1-15(21(24)22(2)14-16-6-4-3-5-7-16)27-20(23)13-17-8-9-18-19(12-17)26-11-10-25-18/h3-9,12,15H,10-11,13-14H2,1-2H3. The number of carbonyl (C=O) groups excluding carboxylic acids is 2. The van der Waals surface area contributed by atoms with Gasteiger partial charge in [0.2, 0.25) is 0 Å². The molecule has 0 N–H and O–H groups in total.